The summed E-state index contributed by atoms with van der Waals surface area (Å²) in [6.45, 7) is 4.09. The SMILES string of the molecule is Cc1ccc(-n2c(O)c(-c3ccccc3)n(-c3ccc(C)cc3)c2=S)cc1. The average molecular weight is 372 g/mol. The largest absolute Gasteiger partial charge is 0.493 e. The molecule has 4 aromatic rings. The van der Waals surface area contributed by atoms with Crippen molar-refractivity contribution in [1.29, 1.82) is 0 Å². The van der Waals surface area contributed by atoms with Gasteiger partial charge in [0.15, 0.2) is 4.77 Å². The smallest absolute Gasteiger partial charge is 0.223 e. The van der Waals surface area contributed by atoms with Crippen molar-refractivity contribution in [3.63, 3.8) is 0 Å². The fourth-order valence-electron chi connectivity index (χ4n) is 3.21. The molecule has 0 atom stereocenters. The van der Waals surface area contributed by atoms with Gasteiger partial charge in [0, 0.05) is 11.3 Å². The Labute approximate surface area is 163 Å². The molecular formula is C23H20N2OS. The van der Waals surface area contributed by atoms with Crippen molar-refractivity contribution in [1.82, 2.24) is 9.13 Å². The van der Waals surface area contributed by atoms with E-state index in [1.165, 1.54) is 5.56 Å². The van der Waals surface area contributed by atoms with Crippen LogP contribution >= 0.6 is 12.2 Å². The van der Waals surface area contributed by atoms with Crippen LogP contribution in [-0.2, 0) is 0 Å². The topological polar surface area (TPSA) is 30.1 Å². The van der Waals surface area contributed by atoms with Gasteiger partial charge >= 0.3 is 0 Å². The molecule has 0 aliphatic heterocycles. The minimum absolute atomic E-state index is 0.135. The number of nitrogens with zero attached hydrogens (tertiary/aromatic N) is 2. The number of hydrogen-bond donors (Lipinski definition) is 1. The minimum Gasteiger partial charge on any atom is -0.493 e. The van der Waals surface area contributed by atoms with Gasteiger partial charge in [0.1, 0.15) is 5.69 Å². The number of aryl methyl sites for hydroxylation is 2. The van der Waals surface area contributed by atoms with Crippen molar-refractivity contribution in [2.24, 2.45) is 0 Å². The zero-order valence-corrected chi connectivity index (χ0v) is 16.1. The number of aromatic hydroxyl groups is 1. The highest BCUT2D eigenvalue weighted by atomic mass is 32.1. The molecule has 0 saturated carbocycles. The van der Waals surface area contributed by atoms with E-state index in [0.717, 1.165) is 22.5 Å². The van der Waals surface area contributed by atoms with Crippen LogP contribution in [0, 0.1) is 18.6 Å². The summed E-state index contributed by atoms with van der Waals surface area (Å²) in [7, 11) is 0. The van der Waals surface area contributed by atoms with Gasteiger partial charge in [-0.05, 0) is 50.3 Å². The molecule has 4 heteroatoms. The molecule has 27 heavy (non-hydrogen) atoms. The van der Waals surface area contributed by atoms with Gasteiger partial charge < -0.3 is 5.11 Å². The fraction of sp³-hybridized carbons (Fsp3) is 0.0870. The van der Waals surface area contributed by atoms with Crippen LogP contribution in [-0.4, -0.2) is 14.2 Å². The standard InChI is InChI=1S/C23H20N2OS/c1-16-8-12-19(13-9-16)24-21(18-6-4-3-5-7-18)22(26)25(23(24)27)20-14-10-17(2)11-15-20/h3-15,26H,1-2H3. The lowest BCUT2D eigenvalue weighted by atomic mass is 10.1. The van der Waals surface area contributed by atoms with E-state index in [-0.39, 0.29) is 5.88 Å². The second kappa shape index (κ2) is 6.89. The van der Waals surface area contributed by atoms with E-state index >= 15 is 0 Å². The Morgan fingerprint density at radius 2 is 1.15 bits per heavy atom. The summed E-state index contributed by atoms with van der Waals surface area (Å²) in [5, 5.41) is 11.2. The van der Waals surface area contributed by atoms with Gasteiger partial charge in [0.2, 0.25) is 5.88 Å². The molecule has 0 radical (unpaired) electrons. The van der Waals surface area contributed by atoms with Crippen molar-refractivity contribution in [3.8, 4) is 28.5 Å². The Morgan fingerprint density at radius 3 is 1.67 bits per heavy atom. The normalized spacial score (nSPS) is 10.9. The van der Waals surface area contributed by atoms with Crippen LogP contribution in [0.4, 0.5) is 0 Å². The predicted octanol–water partition coefficient (Wildman–Crippen LogP) is 5.99. The minimum atomic E-state index is 0.135. The molecule has 0 bridgehead atoms. The summed E-state index contributed by atoms with van der Waals surface area (Å²) < 4.78 is 4.18. The van der Waals surface area contributed by atoms with Crippen LogP contribution in [0.2, 0.25) is 0 Å². The number of rotatable bonds is 3. The lowest BCUT2D eigenvalue weighted by Gasteiger charge is -2.09. The first-order valence-electron chi connectivity index (χ1n) is 8.82. The van der Waals surface area contributed by atoms with Gasteiger partial charge in [0.05, 0.1) is 5.69 Å². The number of imidazole rings is 1. The first-order chi connectivity index (χ1) is 13.1. The highest BCUT2D eigenvalue weighted by Gasteiger charge is 2.20. The predicted molar refractivity (Wildman–Crippen MR) is 113 cm³/mol. The highest BCUT2D eigenvalue weighted by Crippen LogP contribution is 2.36. The van der Waals surface area contributed by atoms with Gasteiger partial charge in [-0.15, -0.1) is 0 Å². The van der Waals surface area contributed by atoms with Gasteiger partial charge in [-0.3, -0.25) is 9.13 Å². The maximum atomic E-state index is 11.2. The maximum absolute atomic E-state index is 11.2. The molecule has 3 aromatic carbocycles. The number of aromatic nitrogens is 2. The molecule has 3 nitrogen and oxygen atoms in total. The summed E-state index contributed by atoms with van der Waals surface area (Å²) >= 11 is 5.80. The lowest BCUT2D eigenvalue weighted by Crippen LogP contribution is -1.99. The highest BCUT2D eigenvalue weighted by molar-refractivity contribution is 7.71. The Morgan fingerprint density at radius 1 is 0.667 bits per heavy atom. The molecule has 4 rings (SSSR count). The van der Waals surface area contributed by atoms with E-state index in [4.69, 9.17) is 12.2 Å². The van der Waals surface area contributed by atoms with Crippen LogP contribution < -0.4 is 0 Å². The zero-order valence-electron chi connectivity index (χ0n) is 15.3. The van der Waals surface area contributed by atoms with Gasteiger partial charge in [-0.2, -0.15) is 0 Å². The third kappa shape index (κ3) is 3.09. The van der Waals surface area contributed by atoms with Crippen molar-refractivity contribution < 1.29 is 5.11 Å². The molecule has 1 heterocycles. The van der Waals surface area contributed by atoms with Crippen LogP contribution in [0.3, 0.4) is 0 Å². The average Bonchev–Trinajstić information content (AvgIpc) is 2.94. The molecule has 0 aliphatic carbocycles. The monoisotopic (exact) mass is 372 g/mol. The van der Waals surface area contributed by atoms with Crippen LogP contribution in [0.15, 0.2) is 78.9 Å². The van der Waals surface area contributed by atoms with Crippen molar-refractivity contribution >= 4 is 12.2 Å². The van der Waals surface area contributed by atoms with E-state index in [9.17, 15) is 5.11 Å². The lowest BCUT2D eigenvalue weighted by molar-refractivity contribution is 0.444. The molecule has 1 aromatic heterocycles. The summed E-state index contributed by atoms with van der Waals surface area (Å²) in [4.78, 5) is 0. The molecule has 0 saturated heterocycles. The Balaban J connectivity index is 2.04. The van der Waals surface area contributed by atoms with Crippen molar-refractivity contribution in [2.75, 3.05) is 0 Å². The second-order valence-corrected chi connectivity index (χ2v) is 7.03. The van der Waals surface area contributed by atoms with E-state index in [1.807, 2.05) is 90.4 Å². The third-order valence-corrected chi connectivity index (χ3v) is 5.03. The number of hydrogen-bond acceptors (Lipinski definition) is 2. The van der Waals surface area contributed by atoms with Crippen LogP contribution in [0.25, 0.3) is 22.6 Å². The molecule has 0 unspecified atom stereocenters. The zero-order chi connectivity index (χ0) is 19.0. The van der Waals surface area contributed by atoms with Crippen molar-refractivity contribution in [2.45, 2.75) is 13.8 Å². The van der Waals surface area contributed by atoms with Crippen LogP contribution in [0.1, 0.15) is 11.1 Å². The van der Waals surface area contributed by atoms with Gasteiger partial charge in [0.25, 0.3) is 0 Å². The molecule has 134 valence electrons. The summed E-state index contributed by atoms with van der Waals surface area (Å²) in [6.07, 6.45) is 0. The first kappa shape index (κ1) is 17.3. The number of benzene rings is 3. The molecule has 0 spiro atoms. The third-order valence-electron chi connectivity index (χ3n) is 4.66. The molecule has 0 fully saturated rings. The molecular weight excluding hydrogens is 352 g/mol. The quantitative estimate of drug-likeness (QED) is 0.448. The molecule has 0 amide bonds. The van der Waals surface area contributed by atoms with Gasteiger partial charge in [-0.1, -0.05) is 65.7 Å². The summed E-state index contributed by atoms with van der Waals surface area (Å²) in [5.41, 5.74) is 5.69. The van der Waals surface area contributed by atoms with E-state index < -0.39 is 0 Å². The summed E-state index contributed by atoms with van der Waals surface area (Å²) in [5.74, 6) is 0.135. The Hall–Kier alpha value is -3.11. The van der Waals surface area contributed by atoms with Crippen molar-refractivity contribution in [3.05, 3.63) is 94.8 Å². The maximum Gasteiger partial charge on any atom is 0.223 e. The van der Waals surface area contributed by atoms with E-state index in [0.29, 0.717) is 10.5 Å². The Bertz CT molecular complexity index is 1140. The molecule has 0 aliphatic rings. The fourth-order valence-corrected chi connectivity index (χ4v) is 3.59. The second-order valence-electron chi connectivity index (χ2n) is 6.66. The van der Waals surface area contributed by atoms with E-state index in [2.05, 4.69) is 6.92 Å². The molecule has 1 N–H and O–H groups in total. The van der Waals surface area contributed by atoms with Crippen LogP contribution in [0.5, 0.6) is 5.88 Å². The first-order valence-corrected chi connectivity index (χ1v) is 9.23. The summed E-state index contributed by atoms with van der Waals surface area (Å²) in [6, 6.07) is 26.0. The van der Waals surface area contributed by atoms with Gasteiger partial charge in [-0.25, -0.2) is 0 Å². The van der Waals surface area contributed by atoms with E-state index in [1.54, 1.807) is 4.57 Å². The Kier molecular flexibility index (Phi) is 4.42.